The zero-order valence-corrected chi connectivity index (χ0v) is 14.4. The first kappa shape index (κ1) is 16.5. The maximum atomic E-state index is 14.5. The fourth-order valence-corrected chi connectivity index (χ4v) is 3.31. The van der Waals surface area contributed by atoms with E-state index in [0.717, 1.165) is 25.9 Å². The number of fused-ring (bicyclic) bond motifs is 1. The fraction of sp³-hybridized carbons (Fsp3) is 0.316. The summed E-state index contributed by atoms with van der Waals surface area (Å²) in [5.74, 6) is 0.138. The molecule has 2 aromatic heterocycles. The first-order chi connectivity index (χ1) is 12.7. The molecule has 1 aromatic carbocycles. The van der Waals surface area contributed by atoms with Crippen LogP contribution >= 0.6 is 0 Å². The Hall–Kier alpha value is -2.98. The molecule has 3 heterocycles. The Kier molecular flexibility index (Phi) is 4.27. The van der Waals surface area contributed by atoms with Gasteiger partial charge in [-0.05, 0) is 51.1 Å². The van der Waals surface area contributed by atoms with Crippen molar-refractivity contribution < 1.29 is 9.13 Å². The van der Waals surface area contributed by atoms with Crippen LogP contribution in [0.3, 0.4) is 0 Å². The van der Waals surface area contributed by atoms with Gasteiger partial charge in [0.1, 0.15) is 11.9 Å². The summed E-state index contributed by atoms with van der Waals surface area (Å²) in [6.45, 7) is 3.67. The number of nitrogens with one attached hydrogen (secondary N) is 1. The van der Waals surface area contributed by atoms with Gasteiger partial charge in [0.05, 0.1) is 22.9 Å². The van der Waals surface area contributed by atoms with E-state index < -0.39 is 5.82 Å². The molecule has 0 spiro atoms. The summed E-state index contributed by atoms with van der Waals surface area (Å²) in [6.07, 6.45) is 3.64. The van der Waals surface area contributed by atoms with Crippen molar-refractivity contribution in [2.75, 3.05) is 13.1 Å². The predicted molar refractivity (Wildman–Crippen MR) is 94.4 cm³/mol. The van der Waals surface area contributed by atoms with Crippen LogP contribution in [0.5, 0.6) is 5.88 Å². The second-order valence-electron chi connectivity index (χ2n) is 6.35. The standard InChI is InChI=1S/C19H18FN5O/c1-12-18(15-3-2-13(11-21)10-16(15)20)19-23-9-6-17(25(19)24-12)26-14-4-7-22-8-5-14/h2-3,6,9-10,14,22H,4-5,7-8H2,1H3. The topological polar surface area (TPSA) is 75.2 Å². The Balaban J connectivity index is 1.78. The van der Waals surface area contributed by atoms with E-state index in [1.54, 1.807) is 28.9 Å². The number of nitrogens with zero attached hydrogens (tertiary/aromatic N) is 4. The number of aromatic nitrogens is 3. The maximum Gasteiger partial charge on any atom is 0.218 e. The minimum absolute atomic E-state index is 0.126. The van der Waals surface area contributed by atoms with Crippen LogP contribution in [-0.4, -0.2) is 33.8 Å². The van der Waals surface area contributed by atoms with Gasteiger partial charge in [0.25, 0.3) is 0 Å². The summed E-state index contributed by atoms with van der Waals surface area (Å²) >= 11 is 0. The lowest BCUT2D eigenvalue weighted by Crippen LogP contribution is -2.34. The third kappa shape index (κ3) is 2.89. The van der Waals surface area contributed by atoms with E-state index in [1.165, 1.54) is 6.07 Å². The highest BCUT2D eigenvalue weighted by Gasteiger charge is 2.21. The van der Waals surface area contributed by atoms with Crippen molar-refractivity contribution in [2.45, 2.75) is 25.9 Å². The lowest BCUT2D eigenvalue weighted by Gasteiger charge is -2.23. The number of hydrogen-bond acceptors (Lipinski definition) is 5. The summed E-state index contributed by atoms with van der Waals surface area (Å²) in [5.41, 5.74) is 2.47. The van der Waals surface area contributed by atoms with E-state index >= 15 is 0 Å². The SMILES string of the molecule is Cc1nn2c(OC3CCNCC3)ccnc2c1-c1ccc(C#N)cc1F. The van der Waals surface area contributed by atoms with Crippen LogP contribution in [-0.2, 0) is 0 Å². The number of halogens is 1. The molecule has 1 aliphatic rings. The molecule has 0 bridgehead atoms. The van der Waals surface area contributed by atoms with Crippen molar-refractivity contribution in [3.05, 3.63) is 47.5 Å². The third-order valence-corrected chi connectivity index (χ3v) is 4.60. The zero-order valence-electron chi connectivity index (χ0n) is 14.4. The molecule has 7 heteroatoms. The van der Waals surface area contributed by atoms with Crippen LogP contribution in [0.25, 0.3) is 16.8 Å². The molecule has 6 nitrogen and oxygen atoms in total. The van der Waals surface area contributed by atoms with E-state index in [0.29, 0.717) is 28.3 Å². The van der Waals surface area contributed by atoms with Crippen LogP contribution in [0, 0.1) is 24.1 Å². The van der Waals surface area contributed by atoms with Crippen molar-refractivity contribution in [1.29, 1.82) is 5.26 Å². The fourth-order valence-electron chi connectivity index (χ4n) is 3.31. The molecule has 1 saturated heterocycles. The summed E-state index contributed by atoms with van der Waals surface area (Å²) in [5, 5.41) is 16.8. The molecular weight excluding hydrogens is 333 g/mol. The van der Waals surface area contributed by atoms with Gasteiger partial charge in [-0.2, -0.15) is 14.9 Å². The third-order valence-electron chi connectivity index (χ3n) is 4.60. The Bertz CT molecular complexity index is 1000. The van der Waals surface area contributed by atoms with Crippen molar-refractivity contribution in [3.8, 4) is 23.1 Å². The molecule has 0 amide bonds. The first-order valence-corrected chi connectivity index (χ1v) is 8.59. The Morgan fingerprint density at radius 3 is 2.85 bits per heavy atom. The van der Waals surface area contributed by atoms with Gasteiger partial charge in [-0.3, -0.25) is 0 Å². The normalized spacial score (nSPS) is 15.1. The number of nitriles is 1. The Labute approximate surface area is 150 Å². The van der Waals surface area contributed by atoms with Crippen LogP contribution in [0.2, 0.25) is 0 Å². The lowest BCUT2D eigenvalue weighted by molar-refractivity contribution is 0.152. The molecule has 1 N–H and O–H groups in total. The molecule has 132 valence electrons. The number of aryl methyl sites for hydroxylation is 1. The monoisotopic (exact) mass is 351 g/mol. The number of benzene rings is 1. The average Bonchev–Trinajstić information content (AvgIpc) is 2.99. The second kappa shape index (κ2) is 6.73. The van der Waals surface area contributed by atoms with Crippen LogP contribution in [0.15, 0.2) is 30.5 Å². The molecule has 0 atom stereocenters. The molecule has 0 saturated carbocycles. The maximum absolute atomic E-state index is 14.5. The smallest absolute Gasteiger partial charge is 0.218 e. The first-order valence-electron chi connectivity index (χ1n) is 8.59. The van der Waals surface area contributed by atoms with Gasteiger partial charge in [-0.15, -0.1) is 0 Å². The highest BCUT2D eigenvalue weighted by Crippen LogP contribution is 2.31. The second-order valence-corrected chi connectivity index (χ2v) is 6.35. The van der Waals surface area contributed by atoms with Crippen LogP contribution in [0.1, 0.15) is 24.1 Å². The van der Waals surface area contributed by atoms with Crippen LogP contribution in [0.4, 0.5) is 4.39 Å². The summed E-state index contributed by atoms with van der Waals surface area (Å²) in [7, 11) is 0. The molecule has 0 unspecified atom stereocenters. The molecule has 26 heavy (non-hydrogen) atoms. The quantitative estimate of drug-likeness (QED) is 0.785. The average molecular weight is 351 g/mol. The zero-order chi connectivity index (χ0) is 18.1. The van der Waals surface area contributed by atoms with Crippen LogP contribution < -0.4 is 10.1 Å². The van der Waals surface area contributed by atoms with Gasteiger partial charge < -0.3 is 10.1 Å². The van der Waals surface area contributed by atoms with E-state index in [-0.39, 0.29) is 11.7 Å². The molecule has 1 fully saturated rings. The summed E-state index contributed by atoms with van der Waals surface area (Å²) in [6, 6.07) is 8.14. The molecule has 1 aliphatic heterocycles. The van der Waals surface area contributed by atoms with Gasteiger partial charge in [0.2, 0.25) is 5.88 Å². The van der Waals surface area contributed by atoms with Gasteiger partial charge in [0.15, 0.2) is 5.65 Å². The van der Waals surface area contributed by atoms with Gasteiger partial charge >= 0.3 is 0 Å². The summed E-state index contributed by atoms with van der Waals surface area (Å²) < 4.78 is 22.3. The number of hydrogen-bond donors (Lipinski definition) is 1. The van der Waals surface area contributed by atoms with Gasteiger partial charge in [0, 0.05) is 17.8 Å². The largest absolute Gasteiger partial charge is 0.474 e. The minimum Gasteiger partial charge on any atom is -0.474 e. The van der Waals surface area contributed by atoms with Crippen molar-refractivity contribution in [3.63, 3.8) is 0 Å². The van der Waals surface area contributed by atoms with Crippen molar-refractivity contribution in [1.82, 2.24) is 19.9 Å². The Morgan fingerprint density at radius 2 is 2.12 bits per heavy atom. The minimum atomic E-state index is -0.464. The predicted octanol–water partition coefficient (Wildman–Crippen LogP) is 2.85. The highest BCUT2D eigenvalue weighted by atomic mass is 19.1. The lowest BCUT2D eigenvalue weighted by atomic mass is 10.0. The van der Waals surface area contributed by atoms with Gasteiger partial charge in [-0.1, -0.05) is 0 Å². The van der Waals surface area contributed by atoms with E-state index in [4.69, 9.17) is 10.00 Å². The van der Waals surface area contributed by atoms with E-state index in [2.05, 4.69) is 15.4 Å². The van der Waals surface area contributed by atoms with E-state index in [9.17, 15) is 4.39 Å². The number of rotatable bonds is 3. The molecule has 0 radical (unpaired) electrons. The number of ether oxygens (including phenoxy) is 1. The highest BCUT2D eigenvalue weighted by molar-refractivity contribution is 5.80. The summed E-state index contributed by atoms with van der Waals surface area (Å²) in [4.78, 5) is 4.39. The molecule has 0 aliphatic carbocycles. The van der Waals surface area contributed by atoms with Crippen molar-refractivity contribution in [2.24, 2.45) is 0 Å². The number of piperidine rings is 1. The Morgan fingerprint density at radius 1 is 1.31 bits per heavy atom. The van der Waals surface area contributed by atoms with Gasteiger partial charge in [-0.25, -0.2) is 9.37 Å². The molecular formula is C19H18FN5O. The van der Waals surface area contributed by atoms with Crippen molar-refractivity contribution >= 4 is 5.65 Å². The van der Waals surface area contributed by atoms with E-state index in [1.807, 2.05) is 13.0 Å². The molecule has 4 rings (SSSR count). The molecule has 3 aromatic rings.